The molecule has 182 valence electrons. The Morgan fingerprint density at radius 2 is 1.47 bits per heavy atom. The van der Waals surface area contributed by atoms with E-state index >= 15 is 0 Å². The zero-order valence-electron chi connectivity index (χ0n) is 19.9. The molecule has 0 heterocycles. The Kier molecular flexibility index (Phi) is 8.68. The van der Waals surface area contributed by atoms with Gasteiger partial charge < -0.3 is 20.5 Å². The van der Waals surface area contributed by atoms with Crippen LogP contribution in [-0.2, 0) is 14.3 Å². The first-order valence-corrected chi connectivity index (χ1v) is 11.9. The van der Waals surface area contributed by atoms with Crippen molar-refractivity contribution < 1.29 is 24.2 Å². The zero-order chi connectivity index (χ0) is 24.6. The molecule has 1 aliphatic rings. The molecular weight excluding hydrogens is 432 g/mol. The number of unbranched alkanes of at least 4 members (excludes halogenated alkanes) is 3. The van der Waals surface area contributed by atoms with E-state index in [0.717, 1.165) is 25.7 Å². The highest BCUT2D eigenvalue weighted by Gasteiger charge is 2.29. The molecule has 0 atom stereocenters. The van der Waals surface area contributed by atoms with Crippen molar-refractivity contribution in [1.29, 1.82) is 0 Å². The summed E-state index contributed by atoms with van der Waals surface area (Å²) in [5.74, 6) is -1.02. The van der Waals surface area contributed by atoms with E-state index in [2.05, 4.69) is 34.9 Å². The van der Waals surface area contributed by atoms with E-state index in [-0.39, 0.29) is 18.4 Å². The highest BCUT2D eigenvalue weighted by Crippen LogP contribution is 2.44. The van der Waals surface area contributed by atoms with E-state index in [1.54, 1.807) is 13.8 Å². The van der Waals surface area contributed by atoms with Crippen LogP contribution in [0.5, 0.6) is 0 Å². The molecule has 0 radical (unpaired) electrons. The van der Waals surface area contributed by atoms with Gasteiger partial charge in [-0.3, -0.25) is 9.59 Å². The van der Waals surface area contributed by atoms with E-state index in [0.29, 0.717) is 19.6 Å². The molecule has 0 bridgehead atoms. The quantitative estimate of drug-likeness (QED) is 0.393. The van der Waals surface area contributed by atoms with Crippen LogP contribution in [0, 0.1) is 5.41 Å². The Bertz CT molecular complexity index is 972. The molecule has 0 fully saturated rings. The summed E-state index contributed by atoms with van der Waals surface area (Å²) >= 11 is 0. The number of carbonyl (C=O) groups excluding carboxylic acids is 2. The van der Waals surface area contributed by atoms with Crippen LogP contribution in [0.25, 0.3) is 11.1 Å². The summed E-state index contributed by atoms with van der Waals surface area (Å²) in [6, 6.07) is 16.5. The van der Waals surface area contributed by atoms with Crippen molar-refractivity contribution >= 4 is 18.0 Å². The topological polar surface area (TPSA) is 105 Å². The van der Waals surface area contributed by atoms with Gasteiger partial charge in [-0.2, -0.15) is 0 Å². The van der Waals surface area contributed by atoms with E-state index < -0.39 is 17.5 Å². The Balaban J connectivity index is 1.28. The summed E-state index contributed by atoms with van der Waals surface area (Å²) in [7, 11) is 0. The second-order valence-electron chi connectivity index (χ2n) is 9.38. The van der Waals surface area contributed by atoms with Gasteiger partial charge in [0.05, 0.1) is 5.41 Å². The minimum Gasteiger partial charge on any atom is -0.481 e. The van der Waals surface area contributed by atoms with Gasteiger partial charge in [0.25, 0.3) is 0 Å². The number of carbonyl (C=O) groups is 3. The van der Waals surface area contributed by atoms with Crippen molar-refractivity contribution in [3.63, 3.8) is 0 Å². The first-order valence-electron chi connectivity index (χ1n) is 11.9. The maximum atomic E-state index is 12.2. The smallest absolute Gasteiger partial charge is 0.407 e. The molecule has 0 unspecified atom stereocenters. The van der Waals surface area contributed by atoms with Crippen LogP contribution in [0.15, 0.2) is 48.5 Å². The number of benzene rings is 2. The number of fused-ring (bicyclic) bond motifs is 3. The minimum absolute atomic E-state index is 0.0466. The highest BCUT2D eigenvalue weighted by atomic mass is 16.5. The molecule has 0 saturated carbocycles. The van der Waals surface area contributed by atoms with Gasteiger partial charge in [-0.1, -0.05) is 61.4 Å². The zero-order valence-corrected chi connectivity index (χ0v) is 19.9. The van der Waals surface area contributed by atoms with Gasteiger partial charge in [-0.25, -0.2) is 4.79 Å². The average molecular weight is 467 g/mol. The summed E-state index contributed by atoms with van der Waals surface area (Å²) in [5.41, 5.74) is 3.80. The molecule has 2 aromatic rings. The standard InChI is InChI=1S/C27H34N2O5/c1-27(2,25(31)32)18-29-24(30)15-5-3-4-10-16-28-26(33)34-17-23-21-13-8-6-11-19(21)20-12-7-9-14-22(20)23/h6-9,11-14,23H,3-5,10,15-18H2,1-2H3,(H,28,33)(H,29,30)(H,31,32). The second kappa shape index (κ2) is 11.7. The molecule has 1 aliphatic carbocycles. The number of amides is 2. The predicted molar refractivity (Wildman–Crippen MR) is 131 cm³/mol. The van der Waals surface area contributed by atoms with Crippen molar-refractivity contribution in [2.24, 2.45) is 5.41 Å². The number of rotatable bonds is 12. The fourth-order valence-corrected chi connectivity index (χ4v) is 4.09. The highest BCUT2D eigenvalue weighted by molar-refractivity contribution is 5.79. The van der Waals surface area contributed by atoms with Crippen molar-refractivity contribution in [2.45, 2.75) is 51.9 Å². The molecule has 7 nitrogen and oxygen atoms in total. The van der Waals surface area contributed by atoms with Crippen LogP contribution in [0.1, 0.15) is 63.0 Å². The van der Waals surface area contributed by atoms with E-state index in [1.807, 2.05) is 24.3 Å². The number of nitrogens with one attached hydrogen (secondary N) is 2. The van der Waals surface area contributed by atoms with Crippen LogP contribution in [0.4, 0.5) is 4.79 Å². The molecule has 0 aliphatic heterocycles. The summed E-state index contributed by atoms with van der Waals surface area (Å²) in [6.45, 7) is 4.10. The third-order valence-corrected chi connectivity index (χ3v) is 6.25. The number of hydrogen-bond donors (Lipinski definition) is 3. The maximum Gasteiger partial charge on any atom is 0.407 e. The average Bonchev–Trinajstić information content (AvgIpc) is 3.14. The monoisotopic (exact) mass is 466 g/mol. The number of hydrogen-bond acceptors (Lipinski definition) is 4. The first kappa shape index (κ1) is 25.3. The van der Waals surface area contributed by atoms with E-state index in [1.165, 1.54) is 22.3 Å². The SMILES string of the molecule is CC(C)(CNC(=O)CCCCCCNC(=O)OCC1c2ccccc2-c2ccccc21)C(=O)O. The lowest BCUT2D eigenvalue weighted by atomic mass is 9.94. The molecule has 3 rings (SSSR count). The number of carboxylic acid groups (broad SMARTS) is 1. The Morgan fingerprint density at radius 1 is 0.882 bits per heavy atom. The van der Waals surface area contributed by atoms with Gasteiger partial charge >= 0.3 is 12.1 Å². The normalized spacial score (nSPS) is 12.5. The molecule has 0 aromatic heterocycles. The van der Waals surface area contributed by atoms with Gasteiger partial charge in [0.2, 0.25) is 5.91 Å². The summed E-state index contributed by atoms with van der Waals surface area (Å²) in [5, 5.41) is 14.5. The number of alkyl carbamates (subject to hydrolysis) is 1. The van der Waals surface area contributed by atoms with Crippen LogP contribution >= 0.6 is 0 Å². The lowest BCUT2D eigenvalue weighted by Crippen LogP contribution is -2.38. The third-order valence-electron chi connectivity index (χ3n) is 6.25. The molecule has 0 saturated heterocycles. The minimum atomic E-state index is -0.972. The van der Waals surface area contributed by atoms with Gasteiger partial charge in [0, 0.05) is 25.4 Å². The summed E-state index contributed by atoms with van der Waals surface area (Å²) in [4.78, 5) is 35.1. The molecule has 7 heteroatoms. The van der Waals surface area contributed by atoms with Crippen molar-refractivity contribution in [3.8, 4) is 11.1 Å². The lowest BCUT2D eigenvalue weighted by Gasteiger charge is -2.19. The van der Waals surface area contributed by atoms with Crippen LogP contribution in [-0.4, -0.2) is 42.8 Å². The van der Waals surface area contributed by atoms with Gasteiger partial charge in [-0.15, -0.1) is 0 Å². The predicted octanol–water partition coefficient (Wildman–Crippen LogP) is 4.70. The van der Waals surface area contributed by atoms with Crippen LogP contribution in [0.2, 0.25) is 0 Å². The molecule has 34 heavy (non-hydrogen) atoms. The Hall–Kier alpha value is -3.35. The van der Waals surface area contributed by atoms with Crippen molar-refractivity contribution in [1.82, 2.24) is 10.6 Å². The molecule has 2 aromatic carbocycles. The summed E-state index contributed by atoms with van der Waals surface area (Å²) in [6.07, 6.45) is 3.24. The first-order chi connectivity index (χ1) is 16.3. The van der Waals surface area contributed by atoms with Crippen LogP contribution in [0.3, 0.4) is 0 Å². The second-order valence-corrected chi connectivity index (χ2v) is 9.38. The van der Waals surface area contributed by atoms with Gasteiger partial charge in [0.1, 0.15) is 6.61 Å². The van der Waals surface area contributed by atoms with Crippen molar-refractivity contribution in [2.75, 3.05) is 19.7 Å². The number of carboxylic acids is 1. The number of aliphatic carboxylic acids is 1. The molecule has 2 amide bonds. The van der Waals surface area contributed by atoms with Gasteiger partial charge in [-0.05, 0) is 48.9 Å². The molecular formula is C27H34N2O5. The largest absolute Gasteiger partial charge is 0.481 e. The fraction of sp³-hybridized carbons (Fsp3) is 0.444. The van der Waals surface area contributed by atoms with E-state index in [4.69, 9.17) is 9.84 Å². The summed E-state index contributed by atoms with van der Waals surface area (Å²) < 4.78 is 5.53. The van der Waals surface area contributed by atoms with E-state index in [9.17, 15) is 14.4 Å². The van der Waals surface area contributed by atoms with Crippen molar-refractivity contribution in [3.05, 3.63) is 59.7 Å². The number of ether oxygens (including phenoxy) is 1. The maximum absolute atomic E-state index is 12.2. The molecule has 3 N–H and O–H groups in total. The Morgan fingerprint density at radius 3 is 2.09 bits per heavy atom. The molecule has 0 spiro atoms. The Labute approximate surface area is 200 Å². The van der Waals surface area contributed by atoms with Gasteiger partial charge in [0.15, 0.2) is 0 Å². The third kappa shape index (κ3) is 6.59. The lowest BCUT2D eigenvalue weighted by molar-refractivity contribution is -0.146. The fourth-order valence-electron chi connectivity index (χ4n) is 4.09. The van der Waals surface area contributed by atoms with Crippen LogP contribution < -0.4 is 10.6 Å².